The molecule has 1 fully saturated rings. The van der Waals surface area contributed by atoms with Crippen molar-refractivity contribution in [1.29, 1.82) is 0 Å². The van der Waals surface area contributed by atoms with Crippen molar-refractivity contribution < 1.29 is 19.2 Å². The van der Waals surface area contributed by atoms with Crippen LogP contribution in [0.5, 0.6) is 0 Å². The summed E-state index contributed by atoms with van der Waals surface area (Å²) in [6, 6.07) is 4.98. The molecule has 1 saturated carbocycles. The summed E-state index contributed by atoms with van der Waals surface area (Å²) in [7, 11) is 1.61. The van der Waals surface area contributed by atoms with E-state index in [-0.39, 0.29) is 29.8 Å². The van der Waals surface area contributed by atoms with Crippen molar-refractivity contribution in [2.45, 2.75) is 44.7 Å². The van der Waals surface area contributed by atoms with E-state index >= 15 is 0 Å². The third-order valence-electron chi connectivity index (χ3n) is 4.99. The highest BCUT2D eigenvalue weighted by Gasteiger charge is 2.39. The number of ketones is 2. The topological polar surface area (TPSA) is 95.6 Å². The number of carbonyl (C=O) groups is 4. The number of amides is 2. The number of hydrogen-bond acceptors (Lipinski definition) is 5. The Morgan fingerprint density at radius 1 is 1.27 bits per heavy atom. The number of nitrogens with one attached hydrogen (secondary N) is 2. The minimum Gasteiger partial charge on any atom is -0.385 e. The minimum absolute atomic E-state index is 0.00296. The highest BCUT2D eigenvalue weighted by molar-refractivity contribution is 6.08. The smallest absolute Gasteiger partial charge is 0.255 e. The van der Waals surface area contributed by atoms with Gasteiger partial charge in [-0.15, -0.1) is 0 Å². The molecular weight excluding hydrogens is 334 g/mol. The van der Waals surface area contributed by atoms with E-state index in [2.05, 4.69) is 10.6 Å². The first-order valence-electron chi connectivity index (χ1n) is 8.93. The van der Waals surface area contributed by atoms with Crippen molar-refractivity contribution in [3.05, 3.63) is 29.3 Å². The lowest BCUT2D eigenvalue weighted by Gasteiger charge is -2.29. The van der Waals surface area contributed by atoms with Gasteiger partial charge in [-0.05, 0) is 25.0 Å². The van der Waals surface area contributed by atoms with Crippen LogP contribution in [-0.4, -0.2) is 47.9 Å². The van der Waals surface area contributed by atoms with Gasteiger partial charge in [-0.25, -0.2) is 0 Å². The molecular formula is C19H23N3O4. The molecule has 0 radical (unpaired) electrons. The number of anilines is 1. The third-order valence-corrected chi connectivity index (χ3v) is 4.99. The first kappa shape index (κ1) is 18.1. The van der Waals surface area contributed by atoms with Crippen LogP contribution in [0.2, 0.25) is 0 Å². The van der Waals surface area contributed by atoms with E-state index in [1.54, 1.807) is 18.0 Å². The first-order chi connectivity index (χ1) is 12.5. The Labute approximate surface area is 152 Å². The van der Waals surface area contributed by atoms with Gasteiger partial charge in [-0.1, -0.05) is 6.07 Å². The molecule has 0 saturated heterocycles. The highest BCUT2D eigenvalue weighted by atomic mass is 16.2. The van der Waals surface area contributed by atoms with Gasteiger partial charge in [0, 0.05) is 49.8 Å². The summed E-state index contributed by atoms with van der Waals surface area (Å²) >= 11 is 0. The van der Waals surface area contributed by atoms with E-state index in [4.69, 9.17) is 0 Å². The molecule has 1 aromatic rings. The average Bonchev–Trinajstić information content (AvgIpc) is 2.96. The minimum atomic E-state index is -0.506. The summed E-state index contributed by atoms with van der Waals surface area (Å²) in [5.74, 6) is -0.366. The lowest BCUT2D eigenvalue weighted by Crippen LogP contribution is -2.44. The van der Waals surface area contributed by atoms with Gasteiger partial charge in [0.25, 0.3) is 5.91 Å². The molecule has 1 aliphatic carbocycles. The number of carbonyl (C=O) groups excluding carboxylic acids is 4. The second-order valence-electron chi connectivity index (χ2n) is 6.70. The van der Waals surface area contributed by atoms with E-state index in [0.717, 1.165) is 11.3 Å². The Hall–Kier alpha value is -2.70. The van der Waals surface area contributed by atoms with Gasteiger partial charge in [0.1, 0.15) is 5.78 Å². The Morgan fingerprint density at radius 2 is 2.08 bits per heavy atom. The lowest BCUT2D eigenvalue weighted by atomic mass is 9.92. The molecule has 3 rings (SSSR count). The Balaban J connectivity index is 1.68. The van der Waals surface area contributed by atoms with Crippen LogP contribution in [0.4, 0.5) is 5.69 Å². The summed E-state index contributed by atoms with van der Waals surface area (Å²) in [5.41, 5.74) is 2.34. The van der Waals surface area contributed by atoms with Gasteiger partial charge >= 0.3 is 0 Å². The monoisotopic (exact) mass is 357 g/mol. The number of fused-ring (bicyclic) bond motifs is 1. The van der Waals surface area contributed by atoms with Crippen molar-refractivity contribution in [2.24, 2.45) is 0 Å². The molecule has 1 heterocycles. The largest absolute Gasteiger partial charge is 0.385 e. The molecule has 7 heteroatoms. The summed E-state index contributed by atoms with van der Waals surface area (Å²) in [6.07, 6.45) is 1.81. The van der Waals surface area contributed by atoms with Crippen molar-refractivity contribution in [1.82, 2.24) is 10.2 Å². The summed E-state index contributed by atoms with van der Waals surface area (Å²) < 4.78 is 0. The molecule has 1 aliphatic heterocycles. The van der Waals surface area contributed by atoms with E-state index in [9.17, 15) is 19.2 Å². The van der Waals surface area contributed by atoms with Crippen LogP contribution in [0.1, 0.15) is 48.0 Å². The normalized spacial score (nSPS) is 19.5. The van der Waals surface area contributed by atoms with Gasteiger partial charge in [-0.3, -0.25) is 19.2 Å². The maximum Gasteiger partial charge on any atom is 0.255 e. The molecule has 1 aromatic carbocycles. The number of benzene rings is 1. The maximum absolute atomic E-state index is 12.7. The van der Waals surface area contributed by atoms with Crippen molar-refractivity contribution in [3.63, 3.8) is 0 Å². The molecule has 0 bridgehead atoms. The third kappa shape index (κ3) is 3.61. The van der Waals surface area contributed by atoms with Crippen LogP contribution < -0.4 is 10.6 Å². The van der Waals surface area contributed by atoms with E-state index in [1.807, 2.05) is 12.1 Å². The number of hydrogen-bond donors (Lipinski definition) is 2. The summed E-state index contributed by atoms with van der Waals surface area (Å²) in [5, 5.41) is 5.88. The van der Waals surface area contributed by atoms with Crippen molar-refractivity contribution in [3.8, 4) is 0 Å². The lowest BCUT2D eigenvalue weighted by molar-refractivity contribution is -0.133. The van der Waals surface area contributed by atoms with Crippen molar-refractivity contribution in [2.75, 3.05) is 18.9 Å². The van der Waals surface area contributed by atoms with Crippen LogP contribution >= 0.6 is 0 Å². The molecule has 138 valence electrons. The standard InChI is InChI=1S/C19H23N3O4/c1-20-18(25)6-3-9-21-15-5-2-4-13-14(15)11-22(19(13)26)16-8-7-12(23)10-17(16)24/h2,4-5,16,21H,3,6-11H2,1H3,(H,20,25). The SMILES string of the molecule is CNC(=O)CCCNc1cccc2c1CN(C1CCC(=O)CC1=O)C2=O. The average molecular weight is 357 g/mol. The zero-order valence-electron chi connectivity index (χ0n) is 14.8. The van der Waals surface area contributed by atoms with Crippen molar-refractivity contribution >= 4 is 29.1 Å². The van der Waals surface area contributed by atoms with Gasteiger partial charge in [0.05, 0.1) is 12.5 Å². The first-order valence-corrected chi connectivity index (χ1v) is 8.93. The Kier molecular flexibility index (Phi) is 5.35. The van der Waals surface area contributed by atoms with Crippen LogP contribution in [0, 0.1) is 0 Å². The fourth-order valence-corrected chi connectivity index (χ4v) is 3.56. The quantitative estimate of drug-likeness (QED) is 0.590. The van der Waals surface area contributed by atoms with Crippen LogP contribution in [0.3, 0.4) is 0 Å². The molecule has 1 unspecified atom stereocenters. The van der Waals surface area contributed by atoms with Crippen LogP contribution in [0.15, 0.2) is 18.2 Å². The summed E-state index contributed by atoms with van der Waals surface area (Å²) in [6.45, 7) is 0.992. The Bertz CT molecular complexity index is 759. The molecule has 0 spiro atoms. The molecule has 2 aliphatic rings. The number of nitrogens with zero attached hydrogens (tertiary/aromatic N) is 1. The van der Waals surface area contributed by atoms with E-state index in [0.29, 0.717) is 44.3 Å². The van der Waals surface area contributed by atoms with Gasteiger partial charge in [0.2, 0.25) is 5.91 Å². The van der Waals surface area contributed by atoms with E-state index in [1.165, 1.54) is 0 Å². The summed E-state index contributed by atoms with van der Waals surface area (Å²) in [4.78, 5) is 49.3. The second kappa shape index (κ2) is 7.68. The molecule has 0 aromatic heterocycles. The molecule has 7 nitrogen and oxygen atoms in total. The predicted molar refractivity (Wildman–Crippen MR) is 95.8 cm³/mol. The maximum atomic E-state index is 12.7. The molecule has 26 heavy (non-hydrogen) atoms. The Morgan fingerprint density at radius 3 is 2.81 bits per heavy atom. The zero-order valence-corrected chi connectivity index (χ0v) is 14.8. The van der Waals surface area contributed by atoms with Crippen LogP contribution in [0.25, 0.3) is 0 Å². The molecule has 2 N–H and O–H groups in total. The molecule has 1 atom stereocenters. The second-order valence-corrected chi connectivity index (χ2v) is 6.70. The fourth-order valence-electron chi connectivity index (χ4n) is 3.56. The van der Waals surface area contributed by atoms with Gasteiger partial charge < -0.3 is 15.5 Å². The van der Waals surface area contributed by atoms with Gasteiger partial charge in [0.15, 0.2) is 5.78 Å². The number of Topliss-reactive ketones (excluding diaryl/α,β-unsaturated/α-hetero) is 2. The number of rotatable bonds is 6. The zero-order chi connectivity index (χ0) is 18.7. The molecule has 2 amide bonds. The predicted octanol–water partition coefficient (Wildman–Crippen LogP) is 1.27. The van der Waals surface area contributed by atoms with Crippen LogP contribution in [-0.2, 0) is 20.9 Å². The van der Waals surface area contributed by atoms with E-state index < -0.39 is 6.04 Å². The fraction of sp³-hybridized carbons (Fsp3) is 0.474. The highest BCUT2D eigenvalue weighted by Crippen LogP contribution is 2.33. The van der Waals surface area contributed by atoms with Gasteiger partial charge in [-0.2, -0.15) is 0 Å².